The normalized spacial score (nSPS) is 20.7. The Bertz CT molecular complexity index is 723. The number of terminal acetylenes is 1. The van der Waals surface area contributed by atoms with Gasteiger partial charge in [-0.05, 0) is 24.6 Å². The summed E-state index contributed by atoms with van der Waals surface area (Å²) in [5, 5.41) is 13.2. The fraction of sp³-hybridized carbons (Fsp3) is 0.571. The van der Waals surface area contributed by atoms with Crippen LogP contribution in [0.3, 0.4) is 0 Å². The van der Waals surface area contributed by atoms with Gasteiger partial charge >= 0.3 is 0 Å². The molecule has 1 aliphatic rings. The number of nitrogens with one attached hydrogen (secondary N) is 3. The maximum absolute atomic E-state index is 13.0. The van der Waals surface area contributed by atoms with Crippen LogP contribution in [0.15, 0.2) is 18.2 Å². The van der Waals surface area contributed by atoms with Crippen molar-refractivity contribution < 1.29 is 14.6 Å². The van der Waals surface area contributed by atoms with Crippen LogP contribution in [0.5, 0.6) is 5.75 Å². The predicted octanol–water partition coefficient (Wildman–Crippen LogP) is 0.824. The number of carbonyl (C=O) groups excluding carboxylic acids is 1. The number of aliphatic hydroxyl groups excluding tert-OH is 1. The van der Waals surface area contributed by atoms with E-state index in [1.807, 2.05) is 39.0 Å². The van der Waals surface area contributed by atoms with Crippen molar-refractivity contribution in [3.8, 4) is 18.1 Å². The van der Waals surface area contributed by atoms with Crippen molar-refractivity contribution in [3.05, 3.63) is 29.3 Å². The van der Waals surface area contributed by atoms with Crippen LogP contribution in [0.4, 0.5) is 0 Å². The first-order valence-corrected chi connectivity index (χ1v) is 9.49. The van der Waals surface area contributed by atoms with Crippen molar-refractivity contribution in [2.75, 3.05) is 20.7 Å². The first kappa shape index (κ1) is 22.2. The third-order valence-electron chi connectivity index (χ3n) is 4.96. The molecule has 2 rings (SSSR count). The van der Waals surface area contributed by atoms with Crippen LogP contribution in [0.2, 0.25) is 0 Å². The Hall–Kier alpha value is -2.11. The molecule has 4 N–H and O–H groups in total. The standard InChI is InChI=1S/C21H32N4O3/c1-7-14-8-9-15(17(10-14)28-6)12-23-24-18-11-16(26)13-25(18)20(27)19(22-5)21(2,3)4/h1,8-10,16,18-19,22-24,26H,11-13H2,2-6H3/t16-,18+,19-/m1/s1. The SMILES string of the molecule is C#Cc1ccc(CNN[C@@H]2C[C@@H](O)CN2C(=O)[C@@H](NC)C(C)(C)C)c(OC)c1. The summed E-state index contributed by atoms with van der Waals surface area (Å²) in [5.74, 6) is 3.26. The van der Waals surface area contributed by atoms with Crippen molar-refractivity contribution in [2.45, 2.75) is 52.0 Å². The third kappa shape index (κ3) is 5.24. The summed E-state index contributed by atoms with van der Waals surface area (Å²) in [5.41, 5.74) is 7.78. The first-order valence-electron chi connectivity index (χ1n) is 9.49. The second kappa shape index (κ2) is 9.39. The number of nitrogens with zero attached hydrogens (tertiary/aromatic N) is 1. The van der Waals surface area contributed by atoms with E-state index in [0.717, 1.165) is 11.1 Å². The van der Waals surface area contributed by atoms with Gasteiger partial charge in [0.15, 0.2) is 0 Å². The molecule has 1 aromatic rings. The van der Waals surface area contributed by atoms with Crippen LogP contribution in [0.1, 0.15) is 38.3 Å². The van der Waals surface area contributed by atoms with Crippen LogP contribution in [-0.4, -0.2) is 54.9 Å². The van der Waals surface area contributed by atoms with E-state index in [0.29, 0.717) is 25.3 Å². The van der Waals surface area contributed by atoms with Gasteiger partial charge in [0.05, 0.1) is 25.4 Å². The number of likely N-dealkylation sites (N-methyl/N-ethyl adjacent to an activating group) is 1. The fourth-order valence-electron chi connectivity index (χ4n) is 3.53. The molecule has 7 nitrogen and oxygen atoms in total. The van der Waals surface area contributed by atoms with Gasteiger partial charge < -0.3 is 20.1 Å². The number of benzene rings is 1. The number of amides is 1. The van der Waals surface area contributed by atoms with E-state index in [2.05, 4.69) is 22.1 Å². The van der Waals surface area contributed by atoms with E-state index in [4.69, 9.17) is 11.2 Å². The molecule has 7 heteroatoms. The lowest BCUT2D eigenvalue weighted by molar-refractivity contribution is -0.137. The second-order valence-corrected chi connectivity index (χ2v) is 8.15. The molecule has 154 valence electrons. The van der Waals surface area contributed by atoms with Gasteiger partial charge in [0.25, 0.3) is 0 Å². The van der Waals surface area contributed by atoms with Crippen molar-refractivity contribution in [2.24, 2.45) is 5.41 Å². The number of carbonyl (C=O) groups is 1. The van der Waals surface area contributed by atoms with Crippen LogP contribution in [0.25, 0.3) is 0 Å². The molecule has 0 unspecified atom stereocenters. The molecule has 0 saturated carbocycles. The molecular weight excluding hydrogens is 356 g/mol. The van der Waals surface area contributed by atoms with Gasteiger partial charge in [-0.2, -0.15) is 0 Å². The average molecular weight is 389 g/mol. The zero-order valence-corrected chi connectivity index (χ0v) is 17.4. The van der Waals surface area contributed by atoms with E-state index in [9.17, 15) is 9.90 Å². The zero-order chi connectivity index (χ0) is 20.9. The molecule has 0 aromatic heterocycles. The Morgan fingerprint density at radius 2 is 2.18 bits per heavy atom. The first-order chi connectivity index (χ1) is 13.2. The van der Waals surface area contributed by atoms with Gasteiger partial charge in [0, 0.05) is 30.6 Å². The largest absolute Gasteiger partial charge is 0.496 e. The molecule has 1 heterocycles. The maximum Gasteiger partial charge on any atom is 0.241 e. The highest BCUT2D eigenvalue weighted by Gasteiger charge is 2.40. The van der Waals surface area contributed by atoms with E-state index < -0.39 is 6.10 Å². The monoisotopic (exact) mass is 388 g/mol. The molecule has 28 heavy (non-hydrogen) atoms. The smallest absolute Gasteiger partial charge is 0.241 e. The summed E-state index contributed by atoms with van der Waals surface area (Å²) in [6.45, 7) is 6.85. The van der Waals surface area contributed by atoms with E-state index in [-0.39, 0.29) is 23.5 Å². The average Bonchev–Trinajstić information content (AvgIpc) is 3.01. The lowest BCUT2D eigenvalue weighted by Crippen LogP contribution is -2.57. The highest BCUT2D eigenvalue weighted by molar-refractivity contribution is 5.83. The number of aliphatic hydroxyl groups is 1. The lowest BCUT2D eigenvalue weighted by Gasteiger charge is -2.35. The van der Waals surface area contributed by atoms with Gasteiger partial charge in [-0.25, -0.2) is 5.43 Å². The molecule has 0 radical (unpaired) electrons. The number of ether oxygens (including phenoxy) is 1. The molecular formula is C21H32N4O3. The summed E-state index contributed by atoms with van der Waals surface area (Å²) in [6.07, 6.45) is 5.05. The topological polar surface area (TPSA) is 85.9 Å². The number of hydrogen-bond donors (Lipinski definition) is 4. The van der Waals surface area contributed by atoms with E-state index in [1.54, 1.807) is 19.1 Å². The molecule has 1 aromatic carbocycles. The van der Waals surface area contributed by atoms with E-state index in [1.165, 1.54) is 0 Å². The molecule has 1 amide bonds. The number of rotatable bonds is 7. The molecule has 1 saturated heterocycles. The van der Waals surface area contributed by atoms with Gasteiger partial charge in [-0.3, -0.25) is 10.2 Å². The second-order valence-electron chi connectivity index (χ2n) is 8.15. The number of hydrazine groups is 1. The van der Waals surface area contributed by atoms with Gasteiger partial charge in [0.1, 0.15) is 5.75 Å². The van der Waals surface area contributed by atoms with Crippen LogP contribution < -0.4 is 20.9 Å². The van der Waals surface area contributed by atoms with Crippen molar-refractivity contribution in [1.82, 2.24) is 21.1 Å². The lowest BCUT2D eigenvalue weighted by atomic mass is 9.86. The minimum atomic E-state index is -0.551. The highest BCUT2D eigenvalue weighted by atomic mass is 16.5. The Kier molecular flexibility index (Phi) is 7.44. The van der Waals surface area contributed by atoms with Crippen LogP contribution in [-0.2, 0) is 11.3 Å². The van der Waals surface area contributed by atoms with Crippen LogP contribution >= 0.6 is 0 Å². The number of hydrogen-bond acceptors (Lipinski definition) is 6. The Labute approximate surface area is 167 Å². The number of β-amino-alcohol motifs (C(OH)–C–C–N with tert-alkyl or cyclic N) is 1. The van der Waals surface area contributed by atoms with Gasteiger partial charge in [-0.15, -0.1) is 6.42 Å². The third-order valence-corrected chi connectivity index (χ3v) is 4.96. The molecule has 0 spiro atoms. The number of likely N-dealkylation sites (tertiary alicyclic amines) is 1. The minimum absolute atomic E-state index is 0.0261. The summed E-state index contributed by atoms with van der Waals surface area (Å²) < 4.78 is 5.39. The molecule has 0 aliphatic carbocycles. The van der Waals surface area contributed by atoms with Crippen molar-refractivity contribution >= 4 is 5.91 Å². The molecule has 1 fully saturated rings. The maximum atomic E-state index is 13.0. The quantitative estimate of drug-likeness (QED) is 0.409. The fourth-order valence-corrected chi connectivity index (χ4v) is 3.53. The summed E-state index contributed by atoms with van der Waals surface area (Å²) in [6, 6.07) is 5.24. The predicted molar refractivity (Wildman–Crippen MR) is 109 cm³/mol. The highest BCUT2D eigenvalue weighted by Crippen LogP contribution is 2.25. The number of methoxy groups -OCH3 is 1. The Morgan fingerprint density at radius 1 is 1.46 bits per heavy atom. The summed E-state index contributed by atoms with van der Waals surface area (Å²) >= 11 is 0. The summed E-state index contributed by atoms with van der Waals surface area (Å²) in [7, 11) is 3.39. The van der Waals surface area contributed by atoms with Gasteiger partial charge in [0.2, 0.25) is 5.91 Å². The van der Waals surface area contributed by atoms with Crippen molar-refractivity contribution in [1.29, 1.82) is 0 Å². The van der Waals surface area contributed by atoms with Crippen LogP contribution in [0, 0.1) is 17.8 Å². The van der Waals surface area contributed by atoms with E-state index >= 15 is 0 Å². The van der Waals surface area contributed by atoms with Gasteiger partial charge in [-0.1, -0.05) is 32.8 Å². The summed E-state index contributed by atoms with van der Waals surface area (Å²) in [4.78, 5) is 14.7. The Morgan fingerprint density at radius 3 is 2.75 bits per heavy atom. The van der Waals surface area contributed by atoms with Crippen molar-refractivity contribution in [3.63, 3.8) is 0 Å². The Balaban J connectivity index is 2.03. The zero-order valence-electron chi connectivity index (χ0n) is 17.4. The minimum Gasteiger partial charge on any atom is -0.496 e. The molecule has 1 aliphatic heterocycles. The molecule has 3 atom stereocenters. The molecule has 0 bridgehead atoms.